The molecule has 2 amide bonds. The van der Waals surface area contributed by atoms with E-state index in [0.29, 0.717) is 5.92 Å². The van der Waals surface area contributed by atoms with Crippen LogP contribution in [0.25, 0.3) is 0 Å². The third-order valence-corrected chi connectivity index (χ3v) is 3.72. The second kappa shape index (κ2) is 5.00. The average molecular weight is 270 g/mol. The highest BCUT2D eigenvalue weighted by molar-refractivity contribution is 5.90. The fourth-order valence-electron chi connectivity index (χ4n) is 2.74. The Labute approximate surface area is 118 Å². The van der Waals surface area contributed by atoms with Crippen molar-refractivity contribution in [1.82, 2.24) is 14.7 Å². The van der Waals surface area contributed by atoms with Gasteiger partial charge >= 0.3 is 6.03 Å². The fraction of sp³-hybridized carbons (Fsp3) is 0.333. The average Bonchev–Trinajstić information content (AvgIpc) is 2.82. The summed E-state index contributed by atoms with van der Waals surface area (Å²) in [4.78, 5) is 14.2. The number of nitrogens with one attached hydrogen (secondary N) is 1. The van der Waals surface area contributed by atoms with Gasteiger partial charge in [0.25, 0.3) is 0 Å². The molecule has 0 aliphatic carbocycles. The van der Waals surface area contributed by atoms with E-state index in [1.54, 1.807) is 17.1 Å². The van der Waals surface area contributed by atoms with Gasteiger partial charge in [-0.25, -0.2) is 4.79 Å². The third-order valence-electron chi connectivity index (χ3n) is 3.72. The van der Waals surface area contributed by atoms with Crippen LogP contribution in [-0.4, -0.2) is 27.3 Å². The van der Waals surface area contributed by atoms with Crippen molar-refractivity contribution in [2.45, 2.75) is 13.0 Å². The highest BCUT2D eigenvalue weighted by Gasteiger charge is 2.39. The Morgan fingerprint density at radius 3 is 2.70 bits per heavy atom. The second-order valence-corrected chi connectivity index (χ2v) is 5.32. The molecule has 2 aromatic rings. The van der Waals surface area contributed by atoms with Crippen molar-refractivity contribution in [1.29, 1.82) is 0 Å². The molecule has 1 fully saturated rings. The molecule has 0 saturated carbocycles. The van der Waals surface area contributed by atoms with Crippen molar-refractivity contribution in [3.63, 3.8) is 0 Å². The van der Waals surface area contributed by atoms with Crippen LogP contribution in [-0.2, 0) is 7.05 Å². The molecule has 2 heterocycles. The van der Waals surface area contributed by atoms with E-state index in [1.807, 2.05) is 30.1 Å². The standard InChI is InChI=1S/C15H18N4O/c1-11-9-19(14(11)12-6-4-3-5-7-12)15(20)17-13-8-16-18(2)10-13/h3-8,10-11,14H,9H2,1-2H3,(H,17,20)/t11-,14+/m0/s1. The van der Waals surface area contributed by atoms with Crippen LogP contribution in [0.5, 0.6) is 0 Å². The van der Waals surface area contributed by atoms with E-state index in [-0.39, 0.29) is 12.1 Å². The van der Waals surface area contributed by atoms with Gasteiger partial charge in [-0.3, -0.25) is 4.68 Å². The van der Waals surface area contributed by atoms with E-state index in [4.69, 9.17) is 0 Å². The summed E-state index contributed by atoms with van der Waals surface area (Å²) >= 11 is 0. The molecule has 3 rings (SSSR count). The molecule has 1 aromatic heterocycles. The number of carbonyl (C=O) groups excluding carboxylic acids is 1. The number of nitrogens with zero attached hydrogens (tertiary/aromatic N) is 3. The maximum atomic E-state index is 12.3. The monoisotopic (exact) mass is 270 g/mol. The van der Waals surface area contributed by atoms with Crippen molar-refractivity contribution in [2.24, 2.45) is 13.0 Å². The van der Waals surface area contributed by atoms with Crippen molar-refractivity contribution in [3.05, 3.63) is 48.3 Å². The molecule has 2 atom stereocenters. The number of likely N-dealkylation sites (tertiary alicyclic amines) is 1. The van der Waals surface area contributed by atoms with Crippen LogP contribution >= 0.6 is 0 Å². The van der Waals surface area contributed by atoms with Gasteiger partial charge in [-0.2, -0.15) is 5.10 Å². The number of aryl methyl sites for hydroxylation is 1. The number of aromatic nitrogens is 2. The van der Waals surface area contributed by atoms with Gasteiger partial charge in [0.05, 0.1) is 17.9 Å². The first-order chi connectivity index (χ1) is 9.65. The Morgan fingerprint density at radius 1 is 1.35 bits per heavy atom. The molecule has 20 heavy (non-hydrogen) atoms. The number of amides is 2. The van der Waals surface area contributed by atoms with Crippen molar-refractivity contribution < 1.29 is 4.79 Å². The van der Waals surface area contributed by atoms with E-state index >= 15 is 0 Å². The first-order valence-corrected chi connectivity index (χ1v) is 6.76. The highest BCUT2D eigenvalue weighted by atomic mass is 16.2. The Balaban J connectivity index is 1.72. The van der Waals surface area contributed by atoms with Crippen molar-refractivity contribution in [2.75, 3.05) is 11.9 Å². The minimum Gasteiger partial charge on any atom is -0.317 e. The number of hydrogen-bond acceptors (Lipinski definition) is 2. The van der Waals surface area contributed by atoms with Gasteiger partial charge in [-0.15, -0.1) is 0 Å². The normalized spacial score (nSPS) is 21.4. The lowest BCUT2D eigenvalue weighted by atomic mass is 9.85. The van der Waals surface area contributed by atoms with E-state index in [1.165, 1.54) is 5.56 Å². The largest absolute Gasteiger partial charge is 0.322 e. The molecule has 1 saturated heterocycles. The smallest absolute Gasteiger partial charge is 0.317 e. The molecule has 0 bridgehead atoms. The predicted molar refractivity (Wildman–Crippen MR) is 77.3 cm³/mol. The number of carbonyl (C=O) groups is 1. The Hall–Kier alpha value is -2.30. The van der Waals surface area contributed by atoms with E-state index in [2.05, 4.69) is 29.5 Å². The minimum absolute atomic E-state index is 0.0649. The number of anilines is 1. The van der Waals surface area contributed by atoms with Gasteiger partial charge in [0, 0.05) is 19.8 Å². The fourth-order valence-corrected chi connectivity index (χ4v) is 2.74. The Bertz CT molecular complexity index is 607. The van der Waals surface area contributed by atoms with Crippen LogP contribution in [0, 0.1) is 5.92 Å². The summed E-state index contributed by atoms with van der Waals surface area (Å²) in [5.41, 5.74) is 1.91. The minimum atomic E-state index is -0.0649. The molecule has 104 valence electrons. The molecule has 1 N–H and O–H groups in total. The summed E-state index contributed by atoms with van der Waals surface area (Å²) in [6.45, 7) is 2.96. The summed E-state index contributed by atoms with van der Waals surface area (Å²) < 4.78 is 1.67. The molecular weight excluding hydrogens is 252 g/mol. The second-order valence-electron chi connectivity index (χ2n) is 5.32. The molecule has 1 aliphatic heterocycles. The summed E-state index contributed by atoms with van der Waals surface area (Å²) in [7, 11) is 1.83. The molecule has 1 aromatic carbocycles. The number of hydrogen-bond donors (Lipinski definition) is 1. The number of benzene rings is 1. The highest BCUT2D eigenvalue weighted by Crippen LogP contribution is 2.38. The first kappa shape index (κ1) is 12.7. The van der Waals surface area contributed by atoms with Crippen molar-refractivity contribution in [3.8, 4) is 0 Å². The van der Waals surface area contributed by atoms with Gasteiger partial charge in [-0.05, 0) is 11.5 Å². The van der Waals surface area contributed by atoms with Crippen molar-refractivity contribution >= 4 is 11.7 Å². The summed E-state index contributed by atoms with van der Waals surface area (Å²) in [6.07, 6.45) is 3.44. The SMILES string of the molecule is C[C@H]1CN(C(=O)Nc2cnn(C)c2)[C@H]1c1ccccc1. The van der Waals surface area contributed by atoms with Crippen LogP contribution in [0.2, 0.25) is 0 Å². The van der Waals surface area contributed by atoms with Gasteiger partial charge < -0.3 is 10.2 Å². The molecule has 5 nitrogen and oxygen atoms in total. The van der Waals surface area contributed by atoms with Gasteiger partial charge in [-0.1, -0.05) is 37.3 Å². The topological polar surface area (TPSA) is 50.2 Å². The molecule has 5 heteroatoms. The summed E-state index contributed by atoms with van der Waals surface area (Å²) in [6, 6.07) is 10.3. The van der Waals surface area contributed by atoms with E-state index < -0.39 is 0 Å². The zero-order valence-corrected chi connectivity index (χ0v) is 11.7. The maximum absolute atomic E-state index is 12.3. The lowest BCUT2D eigenvalue weighted by Crippen LogP contribution is -2.53. The molecular formula is C15H18N4O. The lowest BCUT2D eigenvalue weighted by Gasteiger charge is -2.46. The summed E-state index contributed by atoms with van der Waals surface area (Å²) in [5.74, 6) is 0.483. The van der Waals surface area contributed by atoms with Gasteiger partial charge in [0.15, 0.2) is 0 Å². The lowest BCUT2D eigenvalue weighted by molar-refractivity contribution is 0.0671. The molecule has 0 radical (unpaired) electrons. The Morgan fingerprint density at radius 2 is 2.10 bits per heavy atom. The zero-order valence-electron chi connectivity index (χ0n) is 11.7. The zero-order chi connectivity index (χ0) is 14.1. The van der Waals surface area contributed by atoms with Gasteiger partial charge in [0.2, 0.25) is 0 Å². The molecule has 0 spiro atoms. The van der Waals surface area contributed by atoms with Crippen LogP contribution in [0.15, 0.2) is 42.7 Å². The van der Waals surface area contributed by atoms with Crippen LogP contribution in [0.3, 0.4) is 0 Å². The Kier molecular flexibility index (Phi) is 3.18. The summed E-state index contributed by atoms with van der Waals surface area (Å²) in [5, 5.41) is 6.94. The van der Waals surface area contributed by atoms with Crippen LogP contribution < -0.4 is 5.32 Å². The number of rotatable bonds is 2. The maximum Gasteiger partial charge on any atom is 0.322 e. The third kappa shape index (κ3) is 2.27. The van der Waals surface area contributed by atoms with E-state index in [9.17, 15) is 4.79 Å². The quantitative estimate of drug-likeness (QED) is 0.912. The van der Waals surface area contributed by atoms with Crippen LogP contribution in [0.1, 0.15) is 18.5 Å². The number of urea groups is 1. The first-order valence-electron chi connectivity index (χ1n) is 6.76. The molecule has 1 aliphatic rings. The molecule has 0 unspecified atom stereocenters. The predicted octanol–water partition coefficient (Wildman–Crippen LogP) is 2.65. The van der Waals surface area contributed by atoms with Gasteiger partial charge in [0.1, 0.15) is 0 Å². The van der Waals surface area contributed by atoms with E-state index in [0.717, 1.165) is 12.2 Å². The van der Waals surface area contributed by atoms with Crippen LogP contribution in [0.4, 0.5) is 10.5 Å².